The smallest absolute Gasteiger partial charge is 0.251 e. The molecule has 0 aliphatic carbocycles. The number of alkyl halides is 1. The van der Waals surface area contributed by atoms with Gasteiger partial charge in [0.1, 0.15) is 6.17 Å². The Balaban J connectivity index is 2.51. The van der Waals surface area contributed by atoms with Crippen molar-refractivity contribution in [3.8, 4) is 0 Å². The molecule has 0 radical (unpaired) electrons. The molecule has 1 heterocycles. The summed E-state index contributed by atoms with van der Waals surface area (Å²) >= 11 is 3.33. The molecule has 1 aromatic rings. The number of amides is 1. The number of nitrogens with one attached hydrogen (secondary N) is 1. The second-order valence-electron chi connectivity index (χ2n) is 3.73. The van der Waals surface area contributed by atoms with Gasteiger partial charge >= 0.3 is 0 Å². The van der Waals surface area contributed by atoms with Crippen LogP contribution in [-0.2, 0) is 0 Å². The molecule has 4 heteroatoms. The summed E-state index contributed by atoms with van der Waals surface area (Å²) in [6.45, 7) is 1.90. The van der Waals surface area contributed by atoms with Crippen LogP contribution in [0.3, 0.4) is 0 Å². The molecule has 0 aromatic heterocycles. The van der Waals surface area contributed by atoms with Crippen LogP contribution in [0.15, 0.2) is 22.7 Å². The van der Waals surface area contributed by atoms with Crippen molar-refractivity contribution in [1.82, 2.24) is 5.32 Å². The maximum Gasteiger partial charge on any atom is 0.251 e. The van der Waals surface area contributed by atoms with E-state index in [1.807, 2.05) is 6.07 Å². The van der Waals surface area contributed by atoms with Gasteiger partial charge < -0.3 is 5.32 Å². The lowest BCUT2D eigenvalue weighted by atomic mass is 9.88. The summed E-state index contributed by atoms with van der Waals surface area (Å²) < 4.78 is 14.2. The minimum atomic E-state index is -0.960. The van der Waals surface area contributed by atoms with Crippen molar-refractivity contribution in [1.29, 1.82) is 0 Å². The first-order valence-corrected chi connectivity index (χ1v) is 5.60. The fourth-order valence-electron chi connectivity index (χ4n) is 1.86. The molecule has 2 nitrogen and oxygen atoms in total. The number of carbonyl (C=O) groups is 1. The Morgan fingerprint density at radius 1 is 1.60 bits per heavy atom. The van der Waals surface area contributed by atoms with Gasteiger partial charge in [-0.1, -0.05) is 15.9 Å². The first-order valence-electron chi connectivity index (χ1n) is 4.81. The molecular weight excluding hydrogens is 261 g/mol. The van der Waals surface area contributed by atoms with E-state index < -0.39 is 6.17 Å². The molecule has 80 valence electrons. The van der Waals surface area contributed by atoms with Gasteiger partial charge in [-0.3, -0.25) is 4.79 Å². The summed E-state index contributed by atoms with van der Waals surface area (Å²) in [4.78, 5) is 11.5. The van der Waals surface area contributed by atoms with Crippen molar-refractivity contribution >= 4 is 21.8 Å². The second kappa shape index (κ2) is 3.93. The van der Waals surface area contributed by atoms with E-state index in [1.165, 1.54) is 6.92 Å². The van der Waals surface area contributed by atoms with E-state index in [0.717, 1.165) is 10.0 Å². The molecule has 1 aliphatic heterocycles. The summed E-state index contributed by atoms with van der Waals surface area (Å²) in [5, 5.41) is 2.69. The van der Waals surface area contributed by atoms with Gasteiger partial charge in [-0.25, -0.2) is 4.39 Å². The number of rotatable bonds is 1. The zero-order chi connectivity index (χ0) is 11.0. The summed E-state index contributed by atoms with van der Waals surface area (Å²) in [7, 11) is 0. The molecule has 0 fully saturated rings. The summed E-state index contributed by atoms with van der Waals surface area (Å²) in [6, 6.07) is 5.35. The summed E-state index contributed by atoms with van der Waals surface area (Å²) in [6.07, 6.45) is -0.960. The van der Waals surface area contributed by atoms with Gasteiger partial charge in [0.25, 0.3) is 5.91 Å². The lowest BCUT2D eigenvalue weighted by Gasteiger charge is -2.26. The molecule has 0 spiro atoms. The third-order valence-electron chi connectivity index (χ3n) is 2.69. The maximum atomic E-state index is 13.4. The molecule has 0 saturated carbocycles. The lowest BCUT2D eigenvalue weighted by Crippen LogP contribution is -2.37. The molecule has 15 heavy (non-hydrogen) atoms. The fraction of sp³-hybridized carbons (Fsp3) is 0.364. The Hall–Kier alpha value is -0.900. The highest BCUT2D eigenvalue weighted by Gasteiger charge is 2.29. The Morgan fingerprint density at radius 2 is 2.33 bits per heavy atom. The first kappa shape index (κ1) is 10.6. The van der Waals surface area contributed by atoms with E-state index in [-0.39, 0.29) is 11.8 Å². The third kappa shape index (κ3) is 1.91. The van der Waals surface area contributed by atoms with Crippen molar-refractivity contribution < 1.29 is 9.18 Å². The molecule has 0 saturated heterocycles. The Kier molecular flexibility index (Phi) is 2.78. The Bertz CT molecular complexity index is 406. The zero-order valence-corrected chi connectivity index (χ0v) is 9.84. The molecule has 1 aliphatic rings. The SMILES string of the molecule is CC(F)[C@H]1CNC(=O)c2ccc(Br)cc21. The minimum absolute atomic E-state index is 0.116. The third-order valence-corrected chi connectivity index (χ3v) is 3.19. The number of fused-ring (bicyclic) bond motifs is 1. The highest BCUT2D eigenvalue weighted by molar-refractivity contribution is 9.10. The number of carbonyl (C=O) groups excluding carboxylic acids is 1. The maximum absolute atomic E-state index is 13.4. The Morgan fingerprint density at radius 3 is 3.00 bits per heavy atom. The van der Waals surface area contributed by atoms with Crippen molar-refractivity contribution in [2.45, 2.75) is 19.0 Å². The van der Waals surface area contributed by atoms with Crippen LogP contribution in [0.1, 0.15) is 28.8 Å². The van der Waals surface area contributed by atoms with E-state index in [9.17, 15) is 9.18 Å². The summed E-state index contributed by atoms with van der Waals surface area (Å²) in [5.41, 5.74) is 1.38. The van der Waals surface area contributed by atoms with Gasteiger partial charge in [-0.2, -0.15) is 0 Å². The highest BCUT2D eigenvalue weighted by Crippen LogP contribution is 2.30. The van der Waals surface area contributed by atoms with Crippen molar-refractivity contribution in [2.75, 3.05) is 6.54 Å². The second-order valence-corrected chi connectivity index (χ2v) is 4.64. The van der Waals surface area contributed by atoms with Crippen LogP contribution in [0.4, 0.5) is 4.39 Å². The highest BCUT2D eigenvalue weighted by atomic mass is 79.9. The van der Waals surface area contributed by atoms with Crippen LogP contribution >= 0.6 is 15.9 Å². The van der Waals surface area contributed by atoms with E-state index in [1.54, 1.807) is 12.1 Å². The molecule has 0 bridgehead atoms. The molecule has 2 rings (SSSR count). The first-order chi connectivity index (χ1) is 7.09. The van der Waals surface area contributed by atoms with Crippen molar-refractivity contribution in [3.63, 3.8) is 0 Å². The van der Waals surface area contributed by atoms with Gasteiger partial charge in [-0.05, 0) is 30.7 Å². The van der Waals surface area contributed by atoms with E-state index in [4.69, 9.17) is 0 Å². The molecular formula is C11H11BrFNO. The van der Waals surface area contributed by atoms with Crippen LogP contribution in [0.2, 0.25) is 0 Å². The predicted molar refractivity (Wildman–Crippen MR) is 59.8 cm³/mol. The zero-order valence-electron chi connectivity index (χ0n) is 8.26. The molecule has 2 atom stereocenters. The predicted octanol–water partition coefficient (Wildman–Crippen LogP) is 2.63. The average molecular weight is 272 g/mol. The van der Waals surface area contributed by atoms with Crippen LogP contribution in [0.25, 0.3) is 0 Å². The lowest BCUT2D eigenvalue weighted by molar-refractivity contribution is 0.0932. The van der Waals surface area contributed by atoms with Crippen LogP contribution in [0.5, 0.6) is 0 Å². The largest absolute Gasteiger partial charge is 0.351 e. The van der Waals surface area contributed by atoms with Crippen LogP contribution < -0.4 is 5.32 Å². The van der Waals surface area contributed by atoms with Gasteiger partial charge in [0.2, 0.25) is 0 Å². The standard InChI is InChI=1S/C11H11BrFNO/c1-6(13)10-5-14-11(15)8-3-2-7(12)4-9(8)10/h2-4,6,10H,5H2,1H3,(H,14,15)/t6?,10-/m1/s1. The molecule has 1 unspecified atom stereocenters. The minimum Gasteiger partial charge on any atom is -0.351 e. The van der Waals surface area contributed by atoms with Crippen LogP contribution in [-0.4, -0.2) is 18.6 Å². The van der Waals surface area contributed by atoms with E-state index in [0.29, 0.717) is 12.1 Å². The Labute approximate surface area is 96.0 Å². The number of halogens is 2. The normalized spacial score (nSPS) is 21.8. The van der Waals surface area contributed by atoms with E-state index >= 15 is 0 Å². The van der Waals surface area contributed by atoms with Crippen LogP contribution in [0, 0.1) is 0 Å². The quantitative estimate of drug-likeness (QED) is 0.836. The molecule has 1 aromatic carbocycles. The van der Waals surface area contributed by atoms with Gasteiger partial charge in [-0.15, -0.1) is 0 Å². The van der Waals surface area contributed by atoms with Crippen molar-refractivity contribution in [2.24, 2.45) is 0 Å². The average Bonchev–Trinajstić information content (AvgIpc) is 2.17. The number of hydrogen-bond donors (Lipinski definition) is 1. The summed E-state index contributed by atoms with van der Waals surface area (Å²) in [5.74, 6) is -0.357. The number of hydrogen-bond acceptors (Lipinski definition) is 1. The molecule has 1 N–H and O–H groups in total. The fourth-order valence-corrected chi connectivity index (χ4v) is 2.24. The van der Waals surface area contributed by atoms with Gasteiger partial charge in [0, 0.05) is 22.5 Å². The van der Waals surface area contributed by atoms with Gasteiger partial charge in [0.15, 0.2) is 0 Å². The van der Waals surface area contributed by atoms with Gasteiger partial charge in [0.05, 0.1) is 0 Å². The monoisotopic (exact) mass is 271 g/mol. The number of benzene rings is 1. The van der Waals surface area contributed by atoms with E-state index in [2.05, 4.69) is 21.2 Å². The topological polar surface area (TPSA) is 29.1 Å². The van der Waals surface area contributed by atoms with Crippen molar-refractivity contribution in [3.05, 3.63) is 33.8 Å². The molecule has 1 amide bonds.